The molecule has 1 saturated heterocycles. The molecule has 1 aliphatic rings. The van der Waals surface area contributed by atoms with Gasteiger partial charge in [0.15, 0.2) is 0 Å². The average molecular weight is 415 g/mol. The second-order valence-electron chi connectivity index (χ2n) is 7.73. The third-order valence-corrected chi connectivity index (χ3v) is 6.94. The Morgan fingerprint density at radius 2 is 1.43 bits per heavy atom. The highest BCUT2D eigenvalue weighted by Gasteiger charge is 2.16. The molecule has 1 fully saturated rings. The quantitative estimate of drug-likeness (QED) is 0.372. The van der Waals surface area contributed by atoms with E-state index in [1.54, 1.807) is 11.8 Å². The molecule has 0 atom stereocenters. The molecule has 1 aliphatic heterocycles. The van der Waals surface area contributed by atoms with Crippen molar-refractivity contribution >= 4 is 33.3 Å². The molecule has 0 N–H and O–H groups in total. The van der Waals surface area contributed by atoms with Crippen molar-refractivity contribution in [3.05, 3.63) is 78.5 Å². The van der Waals surface area contributed by atoms with Crippen LogP contribution in [0, 0.1) is 0 Å². The summed E-state index contributed by atoms with van der Waals surface area (Å²) in [5.74, 6) is 0. The van der Waals surface area contributed by atoms with Crippen LogP contribution in [0.2, 0.25) is 0 Å². The molecule has 4 heteroatoms. The van der Waals surface area contributed by atoms with E-state index in [9.17, 15) is 0 Å². The number of aryl methyl sites for hydroxylation is 1. The van der Waals surface area contributed by atoms with Gasteiger partial charge in [0.2, 0.25) is 0 Å². The molecule has 4 aromatic rings. The lowest BCUT2D eigenvalue weighted by Gasteiger charge is -2.26. The molecule has 0 spiro atoms. The van der Waals surface area contributed by atoms with Gasteiger partial charge in [0.05, 0.1) is 13.2 Å². The summed E-state index contributed by atoms with van der Waals surface area (Å²) in [6.07, 6.45) is 4.13. The first-order chi connectivity index (χ1) is 14.9. The van der Waals surface area contributed by atoms with E-state index in [1.807, 2.05) is 12.3 Å². The molecule has 30 heavy (non-hydrogen) atoms. The molecule has 5 rings (SSSR count). The highest BCUT2D eigenvalue weighted by atomic mass is 32.2. The zero-order valence-electron chi connectivity index (χ0n) is 17.1. The van der Waals surface area contributed by atoms with E-state index in [1.165, 1.54) is 38.4 Å². The molecular weight excluding hydrogens is 388 g/mol. The van der Waals surface area contributed by atoms with Crippen molar-refractivity contribution < 1.29 is 4.74 Å². The topological polar surface area (TPSA) is 25.4 Å². The lowest BCUT2D eigenvalue weighted by Crippen LogP contribution is -2.36. The van der Waals surface area contributed by atoms with Crippen molar-refractivity contribution in [2.75, 3.05) is 32.8 Å². The van der Waals surface area contributed by atoms with Crippen LogP contribution >= 0.6 is 11.8 Å². The zero-order valence-corrected chi connectivity index (χ0v) is 17.9. The van der Waals surface area contributed by atoms with Gasteiger partial charge in [-0.2, -0.15) is 0 Å². The van der Waals surface area contributed by atoms with Crippen LogP contribution in [0.15, 0.2) is 82.8 Å². The lowest BCUT2D eigenvalue weighted by molar-refractivity contribution is 0.0375. The van der Waals surface area contributed by atoms with Crippen LogP contribution in [-0.2, 0) is 11.2 Å². The number of hydrogen-bond donors (Lipinski definition) is 0. The van der Waals surface area contributed by atoms with Crippen molar-refractivity contribution in [2.24, 2.45) is 0 Å². The first kappa shape index (κ1) is 19.6. The van der Waals surface area contributed by atoms with Gasteiger partial charge < -0.3 is 4.74 Å². The molecule has 0 unspecified atom stereocenters. The van der Waals surface area contributed by atoms with E-state index >= 15 is 0 Å². The Hall–Kier alpha value is -2.40. The smallest absolute Gasteiger partial charge is 0.101 e. The Kier molecular flexibility index (Phi) is 5.98. The minimum Gasteiger partial charge on any atom is -0.379 e. The summed E-state index contributed by atoms with van der Waals surface area (Å²) in [5, 5.41) is 6.43. The van der Waals surface area contributed by atoms with E-state index in [0.29, 0.717) is 0 Å². The first-order valence-electron chi connectivity index (χ1n) is 10.7. The van der Waals surface area contributed by atoms with E-state index in [4.69, 9.17) is 4.74 Å². The normalized spacial score (nSPS) is 15.1. The van der Waals surface area contributed by atoms with Gasteiger partial charge in [-0.25, -0.2) is 4.98 Å². The van der Waals surface area contributed by atoms with Crippen LogP contribution < -0.4 is 0 Å². The van der Waals surface area contributed by atoms with Crippen LogP contribution in [0.25, 0.3) is 21.5 Å². The molecule has 3 aromatic carbocycles. The third-order valence-electron chi connectivity index (χ3n) is 5.84. The van der Waals surface area contributed by atoms with Crippen LogP contribution in [0.1, 0.15) is 12.0 Å². The summed E-state index contributed by atoms with van der Waals surface area (Å²) in [7, 11) is 0. The molecule has 0 aliphatic carbocycles. The zero-order chi connectivity index (χ0) is 20.2. The number of nitrogens with zero attached hydrogens (tertiary/aromatic N) is 2. The molecule has 0 saturated carbocycles. The van der Waals surface area contributed by atoms with Gasteiger partial charge in [-0.1, -0.05) is 66.4 Å². The summed E-state index contributed by atoms with van der Waals surface area (Å²) in [4.78, 5) is 8.39. The maximum absolute atomic E-state index is 5.49. The van der Waals surface area contributed by atoms with Gasteiger partial charge in [0.1, 0.15) is 5.03 Å². The monoisotopic (exact) mass is 414 g/mol. The number of rotatable bonds is 6. The van der Waals surface area contributed by atoms with E-state index in [-0.39, 0.29) is 0 Å². The van der Waals surface area contributed by atoms with E-state index in [0.717, 1.165) is 44.3 Å². The van der Waals surface area contributed by atoms with Crippen molar-refractivity contribution in [2.45, 2.75) is 22.8 Å². The molecule has 0 amide bonds. The van der Waals surface area contributed by atoms with Crippen molar-refractivity contribution in [1.82, 2.24) is 9.88 Å². The highest BCUT2D eigenvalue weighted by Crippen LogP contribution is 2.41. The van der Waals surface area contributed by atoms with Gasteiger partial charge in [-0.3, -0.25) is 4.90 Å². The third kappa shape index (κ3) is 4.08. The first-order valence-corrected chi connectivity index (χ1v) is 11.5. The fourth-order valence-electron chi connectivity index (χ4n) is 4.37. The maximum Gasteiger partial charge on any atom is 0.101 e. The molecule has 1 aromatic heterocycles. The predicted octanol–water partition coefficient (Wildman–Crippen LogP) is 5.80. The number of fused-ring (bicyclic) bond motifs is 2. The lowest BCUT2D eigenvalue weighted by atomic mass is 9.93. The van der Waals surface area contributed by atoms with Crippen LogP contribution in [-0.4, -0.2) is 42.7 Å². The van der Waals surface area contributed by atoms with Crippen molar-refractivity contribution in [3.63, 3.8) is 0 Å². The molecule has 0 bridgehead atoms. The molecule has 3 nitrogen and oxygen atoms in total. The van der Waals surface area contributed by atoms with Gasteiger partial charge in [0.25, 0.3) is 0 Å². The minimum atomic E-state index is 0.866. The summed E-state index contributed by atoms with van der Waals surface area (Å²) < 4.78 is 5.49. The van der Waals surface area contributed by atoms with E-state index < -0.39 is 0 Å². The van der Waals surface area contributed by atoms with Gasteiger partial charge in [-0.05, 0) is 58.6 Å². The number of morpholine rings is 1. The van der Waals surface area contributed by atoms with Gasteiger partial charge in [-0.15, -0.1) is 0 Å². The number of hydrogen-bond acceptors (Lipinski definition) is 4. The summed E-state index contributed by atoms with van der Waals surface area (Å²) in [5.41, 5.74) is 1.47. The summed E-state index contributed by atoms with van der Waals surface area (Å²) in [6.45, 7) is 4.98. The Labute approximate surface area is 182 Å². The predicted molar refractivity (Wildman–Crippen MR) is 125 cm³/mol. The number of benzene rings is 3. The largest absolute Gasteiger partial charge is 0.379 e. The van der Waals surface area contributed by atoms with Crippen LogP contribution in [0.4, 0.5) is 0 Å². The minimum absolute atomic E-state index is 0.866. The van der Waals surface area contributed by atoms with E-state index in [2.05, 4.69) is 70.5 Å². The summed E-state index contributed by atoms with van der Waals surface area (Å²) in [6, 6.07) is 23.8. The fraction of sp³-hybridized carbons (Fsp3) is 0.269. The maximum atomic E-state index is 5.49. The SMILES string of the molecule is c1ccc(Sc2c3ccccc3c(CCCN3CCOCC3)c3ccccc23)nc1. The standard InChI is InChI=1S/C26H26N2OS/c1-3-10-23-21(8-1)20(12-7-15-28-16-18-29-19-17-28)22-9-2-4-11-24(22)26(23)30-25-13-5-6-14-27-25/h1-6,8-11,13-14H,7,12,15-19H2. The second-order valence-corrected chi connectivity index (χ2v) is 8.76. The van der Waals surface area contributed by atoms with Gasteiger partial charge in [0, 0.05) is 24.2 Å². The number of pyridine rings is 1. The number of ether oxygens (including phenoxy) is 1. The van der Waals surface area contributed by atoms with Crippen molar-refractivity contribution in [3.8, 4) is 0 Å². The van der Waals surface area contributed by atoms with Crippen LogP contribution in [0.5, 0.6) is 0 Å². The number of aromatic nitrogens is 1. The van der Waals surface area contributed by atoms with Crippen LogP contribution in [0.3, 0.4) is 0 Å². The van der Waals surface area contributed by atoms with Gasteiger partial charge >= 0.3 is 0 Å². The highest BCUT2D eigenvalue weighted by molar-refractivity contribution is 7.99. The second kappa shape index (κ2) is 9.17. The Balaban J connectivity index is 1.54. The van der Waals surface area contributed by atoms with Crippen molar-refractivity contribution in [1.29, 1.82) is 0 Å². The average Bonchev–Trinajstić information content (AvgIpc) is 2.82. The molecule has 152 valence electrons. The fourth-order valence-corrected chi connectivity index (χ4v) is 5.42. The molecular formula is C26H26N2OS. The molecule has 2 heterocycles. The Morgan fingerprint density at radius 3 is 2.07 bits per heavy atom. The summed E-state index contributed by atoms with van der Waals surface area (Å²) >= 11 is 1.77. The Bertz CT molecular complexity index is 1080. The molecule has 0 radical (unpaired) electrons. The Morgan fingerprint density at radius 1 is 0.800 bits per heavy atom.